The van der Waals surface area contributed by atoms with Crippen molar-refractivity contribution in [3.8, 4) is 22.8 Å². The van der Waals surface area contributed by atoms with Gasteiger partial charge in [-0.05, 0) is 54.4 Å². The van der Waals surface area contributed by atoms with Gasteiger partial charge in [0.2, 0.25) is 0 Å². The molecule has 0 radical (unpaired) electrons. The molecule has 11 heteroatoms. The Bertz CT molecular complexity index is 1510. The molecule has 11 nitrogen and oxygen atoms in total. The molecule has 0 aliphatic carbocycles. The van der Waals surface area contributed by atoms with Crippen molar-refractivity contribution in [2.75, 3.05) is 26.6 Å². The van der Waals surface area contributed by atoms with Crippen LogP contribution in [0, 0.1) is 5.92 Å². The summed E-state index contributed by atoms with van der Waals surface area (Å²) in [6.45, 7) is 3.62. The summed E-state index contributed by atoms with van der Waals surface area (Å²) in [5.41, 5.74) is 2.96. The second-order valence-corrected chi connectivity index (χ2v) is 8.95. The molecule has 0 saturated heterocycles. The topological polar surface area (TPSA) is 133 Å². The van der Waals surface area contributed by atoms with Crippen molar-refractivity contribution in [1.82, 2.24) is 19.9 Å². The lowest BCUT2D eigenvalue weighted by Crippen LogP contribution is -2.45. The van der Waals surface area contributed by atoms with E-state index in [1.54, 1.807) is 67.4 Å². The number of carbonyl (C=O) groups is 3. The minimum Gasteiger partial charge on any atom is -0.493 e. The van der Waals surface area contributed by atoms with E-state index in [4.69, 9.17) is 14.2 Å². The van der Waals surface area contributed by atoms with Gasteiger partial charge in [-0.25, -0.2) is 14.3 Å². The Kier molecular flexibility index (Phi) is 8.09. The van der Waals surface area contributed by atoms with E-state index in [0.717, 1.165) is 5.56 Å². The number of anilines is 1. The zero-order valence-electron chi connectivity index (χ0n) is 22.2. The lowest BCUT2D eigenvalue weighted by Gasteiger charge is -2.19. The summed E-state index contributed by atoms with van der Waals surface area (Å²) >= 11 is 0. The van der Waals surface area contributed by atoms with Crippen LogP contribution < -0.4 is 20.1 Å². The number of carbonyl (C=O) groups excluding carboxylic acids is 3. The van der Waals surface area contributed by atoms with Crippen molar-refractivity contribution >= 4 is 29.1 Å². The zero-order valence-corrected chi connectivity index (χ0v) is 22.2. The molecule has 2 heterocycles. The molecule has 4 rings (SSSR count). The van der Waals surface area contributed by atoms with Gasteiger partial charge in [-0.15, -0.1) is 0 Å². The van der Waals surface area contributed by atoms with Crippen molar-refractivity contribution in [2.24, 2.45) is 5.92 Å². The van der Waals surface area contributed by atoms with Gasteiger partial charge in [0.15, 0.2) is 22.8 Å². The zero-order chi connectivity index (χ0) is 28.1. The normalized spacial score (nSPS) is 11.6. The highest BCUT2D eigenvalue weighted by Crippen LogP contribution is 2.32. The van der Waals surface area contributed by atoms with Gasteiger partial charge in [0.25, 0.3) is 11.8 Å². The maximum Gasteiger partial charge on any atom is 0.328 e. The van der Waals surface area contributed by atoms with Crippen molar-refractivity contribution < 1.29 is 28.6 Å². The third-order valence-electron chi connectivity index (χ3n) is 6.08. The number of esters is 1. The van der Waals surface area contributed by atoms with Crippen molar-refractivity contribution in [1.29, 1.82) is 0 Å². The molecule has 0 spiro atoms. The summed E-state index contributed by atoms with van der Waals surface area (Å²) in [5.74, 6) is -0.371. The first-order valence-corrected chi connectivity index (χ1v) is 12.1. The quantitative estimate of drug-likeness (QED) is 0.313. The van der Waals surface area contributed by atoms with Crippen molar-refractivity contribution in [2.45, 2.75) is 19.9 Å². The van der Waals surface area contributed by atoms with Crippen molar-refractivity contribution in [3.63, 3.8) is 0 Å². The summed E-state index contributed by atoms with van der Waals surface area (Å²) < 4.78 is 17.1. The largest absolute Gasteiger partial charge is 0.493 e. The van der Waals surface area contributed by atoms with E-state index in [9.17, 15) is 14.4 Å². The lowest BCUT2D eigenvalue weighted by molar-refractivity contribution is -0.144. The molecular formula is C28H29N5O6. The van der Waals surface area contributed by atoms with Crippen LogP contribution in [0.2, 0.25) is 0 Å². The Labute approximate surface area is 225 Å². The second kappa shape index (κ2) is 11.6. The van der Waals surface area contributed by atoms with E-state index in [2.05, 4.69) is 20.7 Å². The third-order valence-corrected chi connectivity index (χ3v) is 6.08. The van der Waals surface area contributed by atoms with Crippen LogP contribution in [0.3, 0.4) is 0 Å². The first-order valence-electron chi connectivity index (χ1n) is 12.1. The molecule has 0 aliphatic rings. The molecule has 0 fully saturated rings. The molecule has 0 saturated carbocycles. The van der Waals surface area contributed by atoms with E-state index >= 15 is 0 Å². The number of nitrogens with zero attached hydrogens (tertiary/aromatic N) is 3. The number of fused-ring (bicyclic) bond motifs is 1. The minimum atomic E-state index is -0.769. The van der Waals surface area contributed by atoms with E-state index in [0.29, 0.717) is 34.1 Å². The van der Waals surface area contributed by atoms with Gasteiger partial charge in [-0.2, -0.15) is 5.10 Å². The number of nitrogens with one attached hydrogen (secondary N) is 2. The fourth-order valence-electron chi connectivity index (χ4n) is 3.97. The Morgan fingerprint density at radius 1 is 0.872 bits per heavy atom. The Balaban J connectivity index is 1.51. The van der Waals surface area contributed by atoms with Crippen molar-refractivity contribution in [3.05, 3.63) is 72.1 Å². The molecule has 1 atom stereocenters. The van der Waals surface area contributed by atoms with E-state index < -0.39 is 23.8 Å². The van der Waals surface area contributed by atoms with Crippen LogP contribution in [0.15, 0.2) is 60.8 Å². The third kappa shape index (κ3) is 5.82. The average Bonchev–Trinajstić information content (AvgIpc) is 3.40. The number of benzene rings is 2. The molecular weight excluding hydrogens is 502 g/mol. The minimum absolute atomic E-state index is 0.146. The fraction of sp³-hybridized carbons (Fsp3) is 0.250. The van der Waals surface area contributed by atoms with Crippen LogP contribution in [-0.2, 0) is 9.53 Å². The standard InChI is InChI=1S/C28H29N5O6/c1-16(2)25(28(36)39-5)31-26(34)17-6-9-19(10-7-17)30-27(35)20-15-24-29-13-12-21(33(24)32-20)18-8-11-22(37-3)23(14-18)38-4/h6-16,25H,1-5H3,(H,30,35)(H,31,34). The van der Waals surface area contributed by atoms with Gasteiger partial charge < -0.3 is 24.8 Å². The number of amides is 2. The second-order valence-electron chi connectivity index (χ2n) is 8.95. The Morgan fingerprint density at radius 2 is 1.59 bits per heavy atom. The summed E-state index contributed by atoms with van der Waals surface area (Å²) in [4.78, 5) is 41.9. The Morgan fingerprint density at radius 3 is 2.23 bits per heavy atom. The molecule has 0 bridgehead atoms. The highest BCUT2D eigenvalue weighted by molar-refractivity contribution is 6.04. The van der Waals surface area contributed by atoms with Crippen LogP contribution in [0.1, 0.15) is 34.7 Å². The molecule has 39 heavy (non-hydrogen) atoms. The van der Waals surface area contributed by atoms with Crippen LogP contribution in [0.4, 0.5) is 5.69 Å². The predicted octanol–water partition coefficient (Wildman–Crippen LogP) is 3.59. The van der Waals surface area contributed by atoms with Crippen LogP contribution in [-0.4, -0.2) is 59.8 Å². The SMILES string of the molecule is COC(=O)C(NC(=O)c1ccc(NC(=O)c2cc3nccc(-c4ccc(OC)c(OC)c4)n3n2)cc1)C(C)C. The van der Waals surface area contributed by atoms with Crippen LogP contribution in [0.25, 0.3) is 16.9 Å². The highest BCUT2D eigenvalue weighted by atomic mass is 16.5. The van der Waals surface area contributed by atoms with Crippen LogP contribution >= 0.6 is 0 Å². The van der Waals surface area contributed by atoms with Gasteiger partial charge >= 0.3 is 5.97 Å². The summed E-state index contributed by atoms with van der Waals surface area (Å²) in [5, 5.41) is 9.93. The molecule has 0 aliphatic heterocycles. The molecule has 2 aromatic carbocycles. The van der Waals surface area contributed by atoms with Gasteiger partial charge in [0.05, 0.1) is 27.0 Å². The van der Waals surface area contributed by atoms with E-state index in [-0.39, 0.29) is 11.6 Å². The summed E-state index contributed by atoms with van der Waals surface area (Å²) in [6, 6.07) is 14.4. The monoisotopic (exact) mass is 531 g/mol. The number of ether oxygens (including phenoxy) is 3. The smallest absolute Gasteiger partial charge is 0.328 e. The summed E-state index contributed by atoms with van der Waals surface area (Å²) in [7, 11) is 4.40. The fourth-order valence-corrected chi connectivity index (χ4v) is 3.97. The molecule has 4 aromatic rings. The average molecular weight is 532 g/mol. The Hall–Kier alpha value is -4.93. The van der Waals surface area contributed by atoms with Gasteiger partial charge in [0, 0.05) is 29.1 Å². The van der Waals surface area contributed by atoms with Gasteiger partial charge in [0.1, 0.15) is 6.04 Å². The molecule has 202 valence electrons. The number of hydrogen-bond donors (Lipinski definition) is 2. The summed E-state index contributed by atoms with van der Waals surface area (Å²) in [6.07, 6.45) is 1.64. The number of rotatable bonds is 9. The van der Waals surface area contributed by atoms with E-state index in [1.807, 2.05) is 26.0 Å². The maximum atomic E-state index is 13.0. The highest BCUT2D eigenvalue weighted by Gasteiger charge is 2.25. The first kappa shape index (κ1) is 27.1. The van der Waals surface area contributed by atoms with Gasteiger partial charge in [-0.1, -0.05) is 13.8 Å². The predicted molar refractivity (Wildman–Crippen MR) is 144 cm³/mol. The number of methoxy groups -OCH3 is 3. The van der Waals surface area contributed by atoms with E-state index in [1.165, 1.54) is 7.11 Å². The van der Waals surface area contributed by atoms with Gasteiger partial charge in [-0.3, -0.25) is 9.59 Å². The lowest BCUT2D eigenvalue weighted by atomic mass is 10.0. The molecule has 1 unspecified atom stereocenters. The van der Waals surface area contributed by atoms with Crippen LogP contribution in [0.5, 0.6) is 11.5 Å². The molecule has 2 amide bonds. The maximum absolute atomic E-state index is 13.0. The number of hydrogen-bond acceptors (Lipinski definition) is 8. The number of aromatic nitrogens is 3. The first-order chi connectivity index (χ1) is 18.7. The molecule has 2 N–H and O–H groups in total. The molecule has 2 aromatic heterocycles.